The Labute approximate surface area is 109 Å². The maximum Gasteiger partial charge on any atom is 0.181 e. The summed E-state index contributed by atoms with van der Waals surface area (Å²) in [6.07, 6.45) is 3.69. The van der Waals surface area contributed by atoms with Gasteiger partial charge in [0, 0.05) is 0 Å². The standard InChI is InChI=1S/C14H21NO2S/c1-11(10-15)12-6-8-14(9-7-12)18(16,17)13-4-2-3-5-13/h6-9,11,13H,2-5,10,15H2,1H3. The number of rotatable bonds is 4. The van der Waals surface area contributed by atoms with Crippen molar-refractivity contribution in [2.24, 2.45) is 5.73 Å². The first-order valence-corrected chi connectivity index (χ1v) is 8.14. The molecule has 2 rings (SSSR count). The van der Waals surface area contributed by atoms with Gasteiger partial charge >= 0.3 is 0 Å². The molecule has 0 aliphatic heterocycles. The molecule has 0 radical (unpaired) electrons. The van der Waals surface area contributed by atoms with Gasteiger partial charge in [-0.2, -0.15) is 0 Å². The van der Waals surface area contributed by atoms with Gasteiger partial charge in [0.25, 0.3) is 0 Å². The van der Waals surface area contributed by atoms with E-state index < -0.39 is 9.84 Å². The second-order valence-electron chi connectivity index (χ2n) is 5.16. The maximum atomic E-state index is 12.4. The molecule has 1 fully saturated rings. The van der Waals surface area contributed by atoms with Crippen molar-refractivity contribution < 1.29 is 8.42 Å². The van der Waals surface area contributed by atoms with Gasteiger partial charge < -0.3 is 5.73 Å². The molecular weight excluding hydrogens is 246 g/mol. The third-order valence-electron chi connectivity index (χ3n) is 3.87. The molecule has 1 atom stereocenters. The topological polar surface area (TPSA) is 60.2 Å². The average molecular weight is 267 g/mol. The van der Waals surface area contributed by atoms with Crippen molar-refractivity contribution in [2.45, 2.75) is 48.7 Å². The van der Waals surface area contributed by atoms with E-state index in [2.05, 4.69) is 0 Å². The summed E-state index contributed by atoms with van der Waals surface area (Å²) >= 11 is 0. The Morgan fingerprint density at radius 2 is 1.78 bits per heavy atom. The third-order valence-corrected chi connectivity index (χ3v) is 6.15. The Hall–Kier alpha value is -0.870. The van der Waals surface area contributed by atoms with Crippen molar-refractivity contribution in [1.82, 2.24) is 0 Å². The summed E-state index contributed by atoms with van der Waals surface area (Å²) in [5.41, 5.74) is 6.71. The van der Waals surface area contributed by atoms with Crippen LogP contribution in [0.1, 0.15) is 44.1 Å². The Bertz CT molecular complexity index is 487. The normalized spacial score (nSPS) is 19.0. The molecule has 1 aromatic carbocycles. The van der Waals surface area contributed by atoms with Crippen LogP contribution in [0.3, 0.4) is 0 Å². The smallest absolute Gasteiger partial charge is 0.181 e. The van der Waals surface area contributed by atoms with Crippen LogP contribution in [0, 0.1) is 0 Å². The van der Waals surface area contributed by atoms with Crippen molar-refractivity contribution in [1.29, 1.82) is 0 Å². The minimum atomic E-state index is -3.12. The summed E-state index contributed by atoms with van der Waals surface area (Å²) in [5, 5.41) is -0.171. The maximum absolute atomic E-state index is 12.4. The lowest BCUT2D eigenvalue weighted by Gasteiger charge is -2.13. The van der Waals surface area contributed by atoms with Crippen LogP contribution >= 0.6 is 0 Å². The van der Waals surface area contributed by atoms with Crippen LogP contribution in [0.4, 0.5) is 0 Å². The van der Waals surface area contributed by atoms with E-state index in [-0.39, 0.29) is 11.2 Å². The van der Waals surface area contributed by atoms with Crippen LogP contribution < -0.4 is 5.73 Å². The van der Waals surface area contributed by atoms with E-state index in [1.807, 2.05) is 19.1 Å². The van der Waals surface area contributed by atoms with Crippen LogP contribution in [0.25, 0.3) is 0 Å². The summed E-state index contributed by atoms with van der Waals surface area (Å²) in [6, 6.07) is 7.24. The lowest BCUT2D eigenvalue weighted by atomic mass is 10.0. The molecule has 0 spiro atoms. The molecule has 0 saturated heterocycles. The lowest BCUT2D eigenvalue weighted by Crippen LogP contribution is -2.18. The first-order chi connectivity index (χ1) is 8.55. The van der Waals surface area contributed by atoms with Crippen LogP contribution in [-0.2, 0) is 9.84 Å². The van der Waals surface area contributed by atoms with Gasteiger partial charge in [-0.15, -0.1) is 0 Å². The Balaban J connectivity index is 2.23. The molecule has 0 aromatic heterocycles. The summed E-state index contributed by atoms with van der Waals surface area (Å²) in [4.78, 5) is 0.461. The van der Waals surface area contributed by atoms with E-state index in [0.29, 0.717) is 11.4 Å². The Morgan fingerprint density at radius 3 is 2.28 bits per heavy atom. The zero-order valence-corrected chi connectivity index (χ0v) is 11.6. The van der Waals surface area contributed by atoms with E-state index in [1.54, 1.807) is 12.1 Å². The lowest BCUT2D eigenvalue weighted by molar-refractivity contribution is 0.579. The number of sulfone groups is 1. The fourth-order valence-electron chi connectivity index (χ4n) is 2.51. The minimum Gasteiger partial charge on any atom is -0.330 e. The van der Waals surface area contributed by atoms with Crippen LogP contribution in [-0.4, -0.2) is 20.2 Å². The van der Waals surface area contributed by atoms with Gasteiger partial charge in [-0.25, -0.2) is 8.42 Å². The summed E-state index contributed by atoms with van der Waals surface area (Å²) in [7, 11) is -3.12. The molecule has 0 bridgehead atoms. The van der Waals surface area contributed by atoms with E-state index in [1.165, 1.54) is 0 Å². The predicted octanol–water partition coefficient (Wildman–Crippen LogP) is 2.47. The van der Waals surface area contributed by atoms with Gasteiger partial charge in [-0.1, -0.05) is 31.9 Å². The third kappa shape index (κ3) is 2.59. The molecule has 1 aliphatic carbocycles. The van der Waals surface area contributed by atoms with E-state index in [0.717, 1.165) is 31.2 Å². The Kier molecular flexibility index (Phi) is 4.07. The first kappa shape index (κ1) is 13.6. The molecular formula is C14H21NO2S. The van der Waals surface area contributed by atoms with E-state index >= 15 is 0 Å². The van der Waals surface area contributed by atoms with Gasteiger partial charge in [0.2, 0.25) is 0 Å². The van der Waals surface area contributed by atoms with Crippen molar-refractivity contribution in [3.05, 3.63) is 29.8 Å². The van der Waals surface area contributed by atoms with Gasteiger partial charge in [-0.05, 0) is 43.0 Å². The fourth-order valence-corrected chi connectivity index (χ4v) is 4.37. The highest BCUT2D eigenvalue weighted by atomic mass is 32.2. The van der Waals surface area contributed by atoms with Gasteiger partial charge in [0.15, 0.2) is 9.84 Å². The van der Waals surface area contributed by atoms with Crippen LogP contribution in [0.2, 0.25) is 0 Å². The van der Waals surface area contributed by atoms with Gasteiger partial charge in [0.05, 0.1) is 10.1 Å². The quantitative estimate of drug-likeness (QED) is 0.911. The minimum absolute atomic E-state index is 0.171. The zero-order chi connectivity index (χ0) is 13.2. The van der Waals surface area contributed by atoms with Crippen molar-refractivity contribution in [2.75, 3.05) is 6.54 Å². The van der Waals surface area contributed by atoms with Crippen molar-refractivity contribution in [3.8, 4) is 0 Å². The molecule has 1 unspecified atom stereocenters. The molecule has 0 amide bonds. The fraction of sp³-hybridized carbons (Fsp3) is 0.571. The van der Waals surface area contributed by atoms with Gasteiger partial charge in [-0.3, -0.25) is 0 Å². The second kappa shape index (κ2) is 5.41. The predicted molar refractivity (Wildman–Crippen MR) is 73.4 cm³/mol. The molecule has 3 nitrogen and oxygen atoms in total. The largest absolute Gasteiger partial charge is 0.330 e. The van der Waals surface area contributed by atoms with Crippen LogP contribution in [0.15, 0.2) is 29.2 Å². The second-order valence-corrected chi connectivity index (χ2v) is 7.39. The highest BCUT2D eigenvalue weighted by Gasteiger charge is 2.30. The average Bonchev–Trinajstić information content (AvgIpc) is 2.92. The van der Waals surface area contributed by atoms with Gasteiger partial charge in [0.1, 0.15) is 0 Å². The molecule has 100 valence electrons. The SMILES string of the molecule is CC(CN)c1ccc(S(=O)(=O)C2CCCC2)cc1. The number of benzene rings is 1. The Morgan fingerprint density at radius 1 is 1.22 bits per heavy atom. The molecule has 18 heavy (non-hydrogen) atoms. The van der Waals surface area contributed by atoms with Crippen molar-refractivity contribution >= 4 is 9.84 Å². The molecule has 0 heterocycles. The molecule has 1 aliphatic rings. The molecule has 1 saturated carbocycles. The molecule has 2 N–H and O–H groups in total. The molecule has 1 aromatic rings. The zero-order valence-electron chi connectivity index (χ0n) is 10.8. The number of hydrogen-bond acceptors (Lipinski definition) is 3. The van der Waals surface area contributed by atoms with E-state index in [9.17, 15) is 8.42 Å². The summed E-state index contributed by atoms with van der Waals surface area (Å²) in [5.74, 6) is 0.272. The monoisotopic (exact) mass is 267 g/mol. The number of hydrogen-bond donors (Lipinski definition) is 1. The highest BCUT2D eigenvalue weighted by molar-refractivity contribution is 7.92. The number of nitrogens with two attached hydrogens (primary N) is 1. The summed E-state index contributed by atoms with van der Waals surface area (Å²) < 4.78 is 24.7. The first-order valence-electron chi connectivity index (χ1n) is 6.59. The highest BCUT2D eigenvalue weighted by Crippen LogP contribution is 2.30. The molecule has 4 heteroatoms. The van der Waals surface area contributed by atoms with Crippen LogP contribution in [0.5, 0.6) is 0 Å². The van der Waals surface area contributed by atoms with Crippen molar-refractivity contribution in [3.63, 3.8) is 0 Å². The summed E-state index contributed by atoms with van der Waals surface area (Å²) in [6.45, 7) is 2.62. The van der Waals surface area contributed by atoms with E-state index in [4.69, 9.17) is 5.73 Å².